The lowest BCUT2D eigenvalue weighted by Gasteiger charge is -2.22. The summed E-state index contributed by atoms with van der Waals surface area (Å²) in [6, 6.07) is 12.6. The van der Waals surface area contributed by atoms with E-state index in [4.69, 9.17) is 9.47 Å². The maximum atomic E-state index is 12.1. The van der Waals surface area contributed by atoms with Gasteiger partial charge >= 0.3 is 0 Å². The van der Waals surface area contributed by atoms with Gasteiger partial charge in [0.2, 0.25) is 0 Å². The highest BCUT2D eigenvalue weighted by molar-refractivity contribution is 7.94. The van der Waals surface area contributed by atoms with Crippen LogP contribution in [0.4, 0.5) is 5.69 Å². The molecule has 0 spiro atoms. The van der Waals surface area contributed by atoms with Crippen LogP contribution in [-0.4, -0.2) is 22.6 Å². The van der Waals surface area contributed by atoms with E-state index in [2.05, 4.69) is 4.72 Å². The molecule has 106 valence electrons. The van der Waals surface area contributed by atoms with Gasteiger partial charge in [-0.05, 0) is 36.4 Å². The van der Waals surface area contributed by atoms with Gasteiger partial charge in [0.05, 0.1) is 19.1 Å². The van der Waals surface area contributed by atoms with Crippen LogP contribution >= 0.6 is 0 Å². The molecule has 20 heavy (non-hydrogen) atoms. The monoisotopic (exact) mass is 292 g/mol. The van der Waals surface area contributed by atoms with Gasteiger partial charge in [0.1, 0.15) is 21.5 Å². The largest absolute Gasteiger partial charge is 0.573 e. The van der Waals surface area contributed by atoms with E-state index in [9.17, 15) is 8.42 Å². The van der Waals surface area contributed by atoms with Crippen molar-refractivity contribution in [1.29, 1.82) is 0 Å². The maximum Gasteiger partial charge on any atom is 0.123 e. The van der Waals surface area contributed by atoms with Gasteiger partial charge in [0.25, 0.3) is 0 Å². The Morgan fingerprint density at radius 1 is 0.800 bits per heavy atom. The summed E-state index contributed by atoms with van der Waals surface area (Å²) in [5.74, 6) is 1.24. The predicted molar refractivity (Wildman–Crippen MR) is 76.2 cm³/mol. The van der Waals surface area contributed by atoms with E-state index in [1.807, 2.05) is 0 Å². The van der Waals surface area contributed by atoms with E-state index in [1.165, 1.54) is 19.2 Å². The van der Waals surface area contributed by atoms with Gasteiger partial charge in [-0.1, -0.05) is 12.1 Å². The molecule has 0 N–H and O–H groups in total. The summed E-state index contributed by atoms with van der Waals surface area (Å²) in [5, 5.41) is 0. The molecule has 0 aliphatic rings. The first-order valence-electron chi connectivity index (χ1n) is 5.81. The number of ether oxygens (including phenoxy) is 2. The van der Waals surface area contributed by atoms with Crippen molar-refractivity contribution in [2.45, 2.75) is 4.90 Å². The fourth-order valence-electron chi connectivity index (χ4n) is 1.58. The highest BCUT2D eigenvalue weighted by Gasteiger charge is 2.05. The van der Waals surface area contributed by atoms with E-state index >= 15 is 0 Å². The Labute approximate surface area is 118 Å². The standard InChI is InChI=1S/C14H14NO4S/c1-18-12-5-3-11(4-6-12)15-20(16,17)14-9-7-13(19-2)8-10-14/h3-10H,1-2H3/q-1. The summed E-state index contributed by atoms with van der Waals surface area (Å²) in [4.78, 5) is 0.120. The number of hydrogen-bond donors (Lipinski definition) is 0. The van der Waals surface area contributed by atoms with Crippen LogP contribution in [0.25, 0.3) is 4.72 Å². The summed E-state index contributed by atoms with van der Waals surface area (Å²) >= 11 is 0. The van der Waals surface area contributed by atoms with Crippen LogP contribution in [0.2, 0.25) is 0 Å². The molecule has 0 fully saturated rings. The van der Waals surface area contributed by atoms with Crippen LogP contribution in [-0.2, 0) is 10.0 Å². The Morgan fingerprint density at radius 2 is 1.25 bits per heavy atom. The predicted octanol–water partition coefficient (Wildman–Crippen LogP) is 3.10. The van der Waals surface area contributed by atoms with Crippen LogP contribution < -0.4 is 9.47 Å². The minimum Gasteiger partial charge on any atom is -0.573 e. The molecule has 0 amide bonds. The number of methoxy groups -OCH3 is 2. The van der Waals surface area contributed by atoms with Crippen molar-refractivity contribution in [2.24, 2.45) is 0 Å². The molecule has 2 aromatic carbocycles. The molecule has 0 aliphatic heterocycles. The average Bonchev–Trinajstić information content (AvgIpc) is 2.48. The third-order valence-electron chi connectivity index (χ3n) is 2.66. The Kier molecular flexibility index (Phi) is 4.14. The average molecular weight is 292 g/mol. The second kappa shape index (κ2) is 5.83. The number of rotatable bonds is 5. The van der Waals surface area contributed by atoms with Gasteiger partial charge < -0.3 is 14.2 Å². The van der Waals surface area contributed by atoms with E-state index in [0.717, 1.165) is 0 Å². The number of sulfonamides is 1. The van der Waals surface area contributed by atoms with Crippen molar-refractivity contribution in [3.05, 3.63) is 53.3 Å². The van der Waals surface area contributed by atoms with Gasteiger partial charge in [0.15, 0.2) is 0 Å². The quantitative estimate of drug-likeness (QED) is 0.849. The summed E-state index contributed by atoms with van der Waals surface area (Å²) in [7, 11) is -0.668. The van der Waals surface area contributed by atoms with Crippen molar-refractivity contribution < 1.29 is 17.9 Å². The van der Waals surface area contributed by atoms with Gasteiger partial charge in [-0.15, -0.1) is 5.69 Å². The Bertz CT molecular complexity index is 663. The molecule has 0 bridgehead atoms. The first-order valence-corrected chi connectivity index (χ1v) is 7.25. The van der Waals surface area contributed by atoms with Crippen LogP contribution in [0.3, 0.4) is 0 Å². The second-order valence-corrected chi connectivity index (χ2v) is 5.54. The minimum absolute atomic E-state index is 0.120. The smallest absolute Gasteiger partial charge is 0.123 e. The SMILES string of the molecule is COc1ccc([N-]S(=O)(=O)c2ccc(OC)cc2)cc1. The van der Waals surface area contributed by atoms with Gasteiger partial charge in [-0.25, -0.2) is 8.42 Å². The van der Waals surface area contributed by atoms with Crippen LogP contribution in [0, 0.1) is 0 Å². The Morgan fingerprint density at radius 3 is 1.70 bits per heavy atom. The van der Waals surface area contributed by atoms with Crippen molar-refractivity contribution in [2.75, 3.05) is 14.2 Å². The van der Waals surface area contributed by atoms with E-state index < -0.39 is 10.0 Å². The molecular weight excluding hydrogens is 278 g/mol. The molecule has 0 radical (unpaired) electrons. The maximum absolute atomic E-state index is 12.1. The molecule has 2 aromatic rings. The molecule has 0 aliphatic carbocycles. The first kappa shape index (κ1) is 14.2. The lowest BCUT2D eigenvalue weighted by atomic mass is 10.3. The molecule has 5 nitrogen and oxygen atoms in total. The molecule has 0 saturated heterocycles. The molecule has 0 atom stereocenters. The van der Waals surface area contributed by atoms with Crippen molar-refractivity contribution in [3.8, 4) is 11.5 Å². The highest BCUT2D eigenvalue weighted by Crippen LogP contribution is 2.29. The third-order valence-corrected chi connectivity index (χ3v) is 3.97. The summed E-state index contributed by atoms with van der Waals surface area (Å²) < 4.78 is 38.0. The minimum atomic E-state index is -3.73. The first-order chi connectivity index (χ1) is 9.55. The second-order valence-electron chi connectivity index (χ2n) is 3.94. The third kappa shape index (κ3) is 3.21. The van der Waals surface area contributed by atoms with Crippen LogP contribution in [0.15, 0.2) is 53.4 Å². The van der Waals surface area contributed by atoms with E-state index in [-0.39, 0.29) is 4.90 Å². The number of hydrogen-bond acceptors (Lipinski definition) is 4. The van der Waals surface area contributed by atoms with Crippen LogP contribution in [0.1, 0.15) is 0 Å². The summed E-state index contributed by atoms with van der Waals surface area (Å²) in [5.41, 5.74) is 0.349. The molecule has 0 unspecified atom stereocenters. The zero-order chi connectivity index (χ0) is 14.6. The van der Waals surface area contributed by atoms with Crippen molar-refractivity contribution >= 4 is 15.7 Å². The number of nitrogens with zero attached hydrogens (tertiary/aromatic N) is 1. The Hall–Kier alpha value is -2.21. The zero-order valence-corrected chi connectivity index (χ0v) is 11.9. The highest BCUT2D eigenvalue weighted by atomic mass is 32.2. The van der Waals surface area contributed by atoms with Gasteiger partial charge in [-0.2, -0.15) is 0 Å². The van der Waals surface area contributed by atoms with Gasteiger partial charge in [0, 0.05) is 0 Å². The van der Waals surface area contributed by atoms with Crippen LogP contribution in [0.5, 0.6) is 11.5 Å². The van der Waals surface area contributed by atoms with Crippen molar-refractivity contribution in [1.82, 2.24) is 0 Å². The van der Waals surface area contributed by atoms with E-state index in [1.54, 1.807) is 43.5 Å². The molecule has 0 heterocycles. The van der Waals surface area contributed by atoms with E-state index in [0.29, 0.717) is 17.2 Å². The zero-order valence-electron chi connectivity index (χ0n) is 11.1. The topological polar surface area (TPSA) is 66.7 Å². The van der Waals surface area contributed by atoms with Crippen molar-refractivity contribution in [3.63, 3.8) is 0 Å². The normalized spacial score (nSPS) is 10.9. The number of benzene rings is 2. The fourth-order valence-corrected chi connectivity index (χ4v) is 2.57. The lowest BCUT2D eigenvalue weighted by Crippen LogP contribution is -1.97. The summed E-state index contributed by atoms with van der Waals surface area (Å²) in [6.45, 7) is 0. The van der Waals surface area contributed by atoms with Gasteiger partial charge in [-0.3, -0.25) is 0 Å². The lowest BCUT2D eigenvalue weighted by molar-refractivity contribution is 0.414. The fraction of sp³-hybridized carbons (Fsp3) is 0.143. The summed E-state index contributed by atoms with van der Waals surface area (Å²) in [6.07, 6.45) is 0. The molecule has 0 aromatic heterocycles. The Balaban J connectivity index is 2.20. The molecule has 0 saturated carbocycles. The molecular formula is C14H14NO4S-. The molecule has 6 heteroatoms. The molecule has 2 rings (SSSR count).